The number of rotatable bonds is 0. The molecule has 0 heterocycles. The van der Waals surface area contributed by atoms with Crippen molar-refractivity contribution in [3.63, 3.8) is 0 Å². The summed E-state index contributed by atoms with van der Waals surface area (Å²) < 4.78 is 0. The van der Waals surface area contributed by atoms with E-state index in [-0.39, 0.29) is 10.8 Å². The molecular weight excluding hydrogens is 312 g/mol. The van der Waals surface area contributed by atoms with Crippen LogP contribution in [0.3, 0.4) is 0 Å². The molecule has 0 saturated carbocycles. The Bertz CT molecular complexity index is 918. The molecule has 0 radical (unpaired) electrons. The van der Waals surface area contributed by atoms with Crippen LogP contribution in [0.4, 0.5) is 0 Å². The van der Waals surface area contributed by atoms with E-state index >= 15 is 0 Å². The summed E-state index contributed by atoms with van der Waals surface area (Å²) in [5.41, 5.74) is 4.90. The minimum atomic E-state index is 0.0500. The standard InChI is InChI=1S/C26H22/c1-25-17-23(15-13-21-9-5-3-6-10-21)19-26(25,2)20-24(18-25)16-14-22-11-7-4-8-12-22/h3-12,17-18H,19-20H2,1-2H3. The fourth-order valence-electron chi connectivity index (χ4n) is 4.01. The van der Waals surface area contributed by atoms with Crippen LogP contribution in [-0.2, 0) is 0 Å². The molecule has 0 atom stereocenters. The molecule has 2 aliphatic rings. The van der Waals surface area contributed by atoms with Crippen molar-refractivity contribution in [2.24, 2.45) is 10.8 Å². The molecule has 0 nitrogen and oxygen atoms in total. The van der Waals surface area contributed by atoms with Crippen LogP contribution in [0.2, 0.25) is 0 Å². The van der Waals surface area contributed by atoms with E-state index in [1.54, 1.807) is 0 Å². The lowest BCUT2D eigenvalue weighted by Gasteiger charge is -2.33. The van der Waals surface area contributed by atoms with Gasteiger partial charge >= 0.3 is 0 Å². The molecule has 0 heteroatoms. The van der Waals surface area contributed by atoms with E-state index in [9.17, 15) is 0 Å². The molecule has 126 valence electrons. The van der Waals surface area contributed by atoms with Crippen LogP contribution in [0.15, 0.2) is 84.0 Å². The zero-order valence-corrected chi connectivity index (χ0v) is 15.3. The van der Waals surface area contributed by atoms with Gasteiger partial charge in [0, 0.05) is 16.5 Å². The summed E-state index contributed by atoms with van der Waals surface area (Å²) in [6.45, 7) is 4.69. The van der Waals surface area contributed by atoms with Crippen molar-refractivity contribution >= 4 is 0 Å². The maximum absolute atomic E-state index is 3.40. The lowest BCUT2D eigenvalue weighted by atomic mass is 9.70. The third-order valence-corrected chi connectivity index (χ3v) is 5.69. The minimum absolute atomic E-state index is 0.0500. The van der Waals surface area contributed by atoms with E-state index in [2.05, 4.69) is 73.9 Å². The van der Waals surface area contributed by atoms with Crippen molar-refractivity contribution in [3.8, 4) is 23.7 Å². The second-order valence-electron chi connectivity index (χ2n) is 7.77. The minimum Gasteiger partial charge on any atom is -0.0664 e. The Hall–Kier alpha value is -2.96. The monoisotopic (exact) mass is 334 g/mol. The van der Waals surface area contributed by atoms with E-state index in [1.807, 2.05) is 36.4 Å². The first-order valence-electron chi connectivity index (χ1n) is 9.14. The van der Waals surface area contributed by atoms with E-state index in [0.717, 1.165) is 24.0 Å². The Kier molecular flexibility index (Phi) is 4.06. The van der Waals surface area contributed by atoms with Crippen LogP contribution in [0.1, 0.15) is 37.8 Å². The highest BCUT2D eigenvalue weighted by Crippen LogP contribution is 2.59. The number of benzene rings is 2. The van der Waals surface area contributed by atoms with Crippen LogP contribution in [0, 0.1) is 34.5 Å². The van der Waals surface area contributed by atoms with E-state index < -0.39 is 0 Å². The molecule has 0 saturated heterocycles. The van der Waals surface area contributed by atoms with E-state index in [0.29, 0.717) is 0 Å². The van der Waals surface area contributed by atoms with Gasteiger partial charge in [0.25, 0.3) is 0 Å². The van der Waals surface area contributed by atoms with Gasteiger partial charge in [0.15, 0.2) is 0 Å². The van der Waals surface area contributed by atoms with Crippen molar-refractivity contribution in [2.75, 3.05) is 0 Å². The van der Waals surface area contributed by atoms with Crippen LogP contribution in [0.25, 0.3) is 0 Å². The molecular formula is C26H22. The summed E-state index contributed by atoms with van der Waals surface area (Å²) in [4.78, 5) is 0. The average Bonchev–Trinajstić information content (AvgIpc) is 3.03. The summed E-state index contributed by atoms with van der Waals surface area (Å²) in [5, 5.41) is 0. The molecule has 0 fully saturated rings. The zero-order chi connectivity index (χ0) is 18.0. The molecule has 2 aromatic rings. The van der Waals surface area contributed by atoms with E-state index in [4.69, 9.17) is 0 Å². The fraction of sp³-hybridized carbons (Fsp3) is 0.231. The van der Waals surface area contributed by atoms with Gasteiger partial charge in [0.2, 0.25) is 0 Å². The summed E-state index contributed by atoms with van der Waals surface area (Å²) in [6, 6.07) is 20.4. The Morgan fingerprint density at radius 1 is 0.615 bits per heavy atom. The largest absolute Gasteiger partial charge is 0.0664 e. The topological polar surface area (TPSA) is 0 Å². The quantitative estimate of drug-likeness (QED) is 0.537. The Morgan fingerprint density at radius 2 is 1.04 bits per heavy atom. The van der Waals surface area contributed by atoms with Crippen molar-refractivity contribution in [1.82, 2.24) is 0 Å². The van der Waals surface area contributed by atoms with Crippen molar-refractivity contribution in [3.05, 3.63) is 95.1 Å². The Morgan fingerprint density at radius 3 is 1.42 bits per heavy atom. The van der Waals surface area contributed by atoms with Gasteiger partial charge in [-0.05, 0) is 53.7 Å². The first-order valence-corrected chi connectivity index (χ1v) is 9.14. The van der Waals surface area contributed by atoms with Crippen molar-refractivity contribution in [1.29, 1.82) is 0 Å². The predicted octanol–water partition coefficient (Wildman–Crippen LogP) is 5.76. The van der Waals surface area contributed by atoms with Gasteiger partial charge in [-0.25, -0.2) is 0 Å². The molecule has 0 N–H and O–H groups in total. The Balaban J connectivity index is 1.58. The highest BCUT2D eigenvalue weighted by Gasteiger charge is 2.50. The van der Waals surface area contributed by atoms with Gasteiger partial charge in [0.1, 0.15) is 0 Å². The highest BCUT2D eigenvalue weighted by molar-refractivity contribution is 5.51. The number of fused-ring (bicyclic) bond motifs is 1. The zero-order valence-electron chi connectivity index (χ0n) is 15.3. The molecule has 0 amide bonds. The number of allylic oxidation sites excluding steroid dienone is 4. The molecule has 26 heavy (non-hydrogen) atoms. The third kappa shape index (κ3) is 3.12. The van der Waals surface area contributed by atoms with Gasteiger partial charge < -0.3 is 0 Å². The molecule has 0 aliphatic heterocycles. The second kappa shape index (κ2) is 6.40. The van der Waals surface area contributed by atoms with E-state index in [1.165, 1.54) is 11.1 Å². The first kappa shape index (κ1) is 16.5. The smallest absolute Gasteiger partial charge is 0.0248 e. The van der Waals surface area contributed by atoms with Gasteiger partial charge in [-0.15, -0.1) is 0 Å². The van der Waals surface area contributed by atoms with Gasteiger partial charge in [0.05, 0.1) is 0 Å². The molecule has 0 bridgehead atoms. The molecule has 2 aliphatic carbocycles. The lowest BCUT2D eigenvalue weighted by Crippen LogP contribution is -2.26. The number of hydrogen-bond acceptors (Lipinski definition) is 0. The van der Waals surface area contributed by atoms with Crippen LogP contribution in [0.5, 0.6) is 0 Å². The Labute approximate surface area is 156 Å². The lowest BCUT2D eigenvalue weighted by molar-refractivity contribution is 0.216. The van der Waals surface area contributed by atoms with Gasteiger partial charge in [-0.3, -0.25) is 0 Å². The number of hydrogen-bond donors (Lipinski definition) is 0. The van der Waals surface area contributed by atoms with Crippen molar-refractivity contribution < 1.29 is 0 Å². The summed E-state index contributed by atoms with van der Waals surface area (Å²) >= 11 is 0. The molecule has 0 unspecified atom stereocenters. The third-order valence-electron chi connectivity index (χ3n) is 5.69. The van der Waals surface area contributed by atoms with Crippen molar-refractivity contribution in [2.45, 2.75) is 26.7 Å². The van der Waals surface area contributed by atoms with Crippen LogP contribution < -0.4 is 0 Å². The normalized spacial score (nSPS) is 25.9. The average molecular weight is 334 g/mol. The highest BCUT2D eigenvalue weighted by atomic mass is 14.5. The molecule has 0 spiro atoms. The summed E-state index contributed by atoms with van der Waals surface area (Å²) in [6.07, 6.45) is 6.77. The molecule has 4 rings (SSSR count). The van der Waals surface area contributed by atoms with Gasteiger partial charge in [-0.2, -0.15) is 0 Å². The maximum Gasteiger partial charge on any atom is 0.0248 e. The summed E-state index contributed by atoms with van der Waals surface area (Å²) in [7, 11) is 0. The first-order chi connectivity index (χ1) is 12.6. The van der Waals surface area contributed by atoms with Crippen LogP contribution in [-0.4, -0.2) is 0 Å². The maximum atomic E-state index is 3.40. The van der Waals surface area contributed by atoms with Crippen LogP contribution >= 0.6 is 0 Å². The summed E-state index contributed by atoms with van der Waals surface area (Å²) in [5.74, 6) is 13.4. The van der Waals surface area contributed by atoms with Gasteiger partial charge in [-0.1, -0.05) is 86.1 Å². The molecule has 2 aromatic carbocycles. The second-order valence-corrected chi connectivity index (χ2v) is 7.77. The fourth-order valence-corrected chi connectivity index (χ4v) is 4.01. The predicted molar refractivity (Wildman–Crippen MR) is 108 cm³/mol. The SMILES string of the molecule is CC12C=C(C#Cc3ccccc3)CC1(C)CC(C#Cc1ccccc1)=C2. The molecule has 0 aromatic heterocycles.